The molecule has 16 heavy (non-hydrogen) atoms. The van der Waals surface area contributed by atoms with Crippen molar-refractivity contribution in [1.82, 2.24) is 5.32 Å². The molecule has 94 valence electrons. The average molecular weight is 225 g/mol. The summed E-state index contributed by atoms with van der Waals surface area (Å²) < 4.78 is 0. The molecule has 0 aromatic carbocycles. The van der Waals surface area contributed by atoms with E-state index in [-0.39, 0.29) is 5.91 Å². The Morgan fingerprint density at radius 2 is 2.00 bits per heavy atom. The highest BCUT2D eigenvalue weighted by molar-refractivity contribution is 5.76. The van der Waals surface area contributed by atoms with Crippen molar-refractivity contribution in [2.75, 3.05) is 0 Å². The first-order valence-corrected chi connectivity index (χ1v) is 6.80. The zero-order valence-electron chi connectivity index (χ0n) is 11.3. The van der Waals surface area contributed by atoms with Crippen LogP contribution in [0.4, 0.5) is 0 Å². The Morgan fingerprint density at radius 3 is 2.62 bits per heavy atom. The van der Waals surface area contributed by atoms with Crippen LogP contribution < -0.4 is 5.32 Å². The maximum atomic E-state index is 11.8. The molecule has 1 rings (SSSR count). The van der Waals surface area contributed by atoms with Gasteiger partial charge in [-0.15, -0.1) is 0 Å². The van der Waals surface area contributed by atoms with Gasteiger partial charge < -0.3 is 5.32 Å². The van der Waals surface area contributed by atoms with Gasteiger partial charge in [0, 0.05) is 12.5 Å². The van der Waals surface area contributed by atoms with E-state index in [0.717, 1.165) is 12.3 Å². The molecule has 2 nitrogen and oxygen atoms in total. The third-order valence-corrected chi connectivity index (χ3v) is 4.00. The summed E-state index contributed by atoms with van der Waals surface area (Å²) in [5.41, 5.74) is 0. The number of amides is 1. The maximum absolute atomic E-state index is 11.8. The Labute approximate surface area is 100 Å². The number of carbonyl (C=O) groups excluding carboxylic acids is 1. The average Bonchev–Trinajstić information content (AvgIpc) is 2.22. The largest absolute Gasteiger partial charge is 0.353 e. The van der Waals surface area contributed by atoms with Crippen LogP contribution in [-0.2, 0) is 4.79 Å². The van der Waals surface area contributed by atoms with Crippen LogP contribution in [0.25, 0.3) is 0 Å². The van der Waals surface area contributed by atoms with E-state index in [1.807, 2.05) is 0 Å². The Bertz CT molecular complexity index is 225. The van der Waals surface area contributed by atoms with Crippen molar-refractivity contribution in [2.45, 2.75) is 65.8 Å². The summed E-state index contributed by atoms with van der Waals surface area (Å²) in [7, 11) is 0. The molecule has 0 radical (unpaired) electrons. The predicted octanol–water partition coefficient (Wildman–Crippen LogP) is 3.36. The van der Waals surface area contributed by atoms with Crippen molar-refractivity contribution in [1.29, 1.82) is 0 Å². The summed E-state index contributed by atoms with van der Waals surface area (Å²) in [5.74, 6) is 2.26. The Kier molecular flexibility index (Phi) is 5.30. The van der Waals surface area contributed by atoms with Crippen LogP contribution >= 0.6 is 0 Å². The lowest BCUT2D eigenvalue weighted by molar-refractivity contribution is -0.122. The monoisotopic (exact) mass is 225 g/mol. The van der Waals surface area contributed by atoms with Gasteiger partial charge in [0.25, 0.3) is 0 Å². The molecule has 1 saturated carbocycles. The molecule has 1 amide bonds. The Balaban J connectivity index is 2.32. The number of hydrogen-bond acceptors (Lipinski definition) is 1. The summed E-state index contributed by atoms with van der Waals surface area (Å²) >= 11 is 0. The summed E-state index contributed by atoms with van der Waals surface area (Å²) in [6.07, 6.45) is 5.44. The third kappa shape index (κ3) is 4.15. The quantitative estimate of drug-likeness (QED) is 0.781. The predicted molar refractivity (Wildman–Crippen MR) is 68.2 cm³/mol. The first-order valence-electron chi connectivity index (χ1n) is 6.80. The van der Waals surface area contributed by atoms with Gasteiger partial charge >= 0.3 is 0 Å². The Hall–Kier alpha value is -0.530. The van der Waals surface area contributed by atoms with E-state index < -0.39 is 0 Å². The van der Waals surface area contributed by atoms with Crippen molar-refractivity contribution in [3.8, 4) is 0 Å². The van der Waals surface area contributed by atoms with E-state index >= 15 is 0 Å². The minimum atomic E-state index is 0.250. The first-order chi connectivity index (χ1) is 7.50. The maximum Gasteiger partial charge on any atom is 0.220 e. The number of rotatable bonds is 4. The fraction of sp³-hybridized carbons (Fsp3) is 0.929. The molecule has 2 heteroatoms. The van der Waals surface area contributed by atoms with Crippen LogP contribution in [0.2, 0.25) is 0 Å². The van der Waals surface area contributed by atoms with E-state index in [2.05, 4.69) is 33.0 Å². The van der Waals surface area contributed by atoms with Gasteiger partial charge in [-0.2, -0.15) is 0 Å². The van der Waals surface area contributed by atoms with Crippen molar-refractivity contribution >= 4 is 5.91 Å². The van der Waals surface area contributed by atoms with E-state index in [1.54, 1.807) is 0 Å². The highest BCUT2D eigenvalue weighted by Crippen LogP contribution is 2.29. The second-order valence-corrected chi connectivity index (χ2v) is 5.87. The zero-order chi connectivity index (χ0) is 12.1. The molecule has 0 spiro atoms. The van der Waals surface area contributed by atoms with Crippen molar-refractivity contribution < 1.29 is 4.79 Å². The molecule has 1 aliphatic carbocycles. The van der Waals surface area contributed by atoms with E-state index in [9.17, 15) is 4.79 Å². The van der Waals surface area contributed by atoms with Crippen molar-refractivity contribution in [3.63, 3.8) is 0 Å². The van der Waals surface area contributed by atoms with Crippen LogP contribution in [0.3, 0.4) is 0 Å². The summed E-state index contributed by atoms with van der Waals surface area (Å²) in [4.78, 5) is 11.8. The molecular weight excluding hydrogens is 198 g/mol. The third-order valence-electron chi connectivity index (χ3n) is 4.00. The number of carbonyl (C=O) groups is 1. The van der Waals surface area contributed by atoms with Gasteiger partial charge in [-0.1, -0.05) is 40.5 Å². The minimum Gasteiger partial charge on any atom is -0.353 e. The van der Waals surface area contributed by atoms with Gasteiger partial charge in [0.05, 0.1) is 0 Å². The molecule has 1 aliphatic rings. The van der Waals surface area contributed by atoms with Gasteiger partial charge in [-0.25, -0.2) is 0 Å². The van der Waals surface area contributed by atoms with Gasteiger partial charge in [0.1, 0.15) is 0 Å². The van der Waals surface area contributed by atoms with Gasteiger partial charge in [0.2, 0.25) is 5.91 Å². The van der Waals surface area contributed by atoms with E-state index in [4.69, 9.17) is 0 Å². The zero-order valence-corrected chi connectivity index (χ0v) is 11.3. The molecule has 1 fully saturated rings. The van der Waals surface area contributed by atoms with Crippen LogP contribution in [-0.4, -0.2) is 11.9 Å². The van der Waals surface area contributed by atoms with Crippen molar-refractivity contribution in [3.05, 3.63) is 0 Å². The van der Waals surface area contributed by atoms with Crippen LogP contribution in [0.1, 0.15) is 59.8 Å². The highest BCUT2D eigenvalue weighted by Gasteiger charge is 2.27. The molecule has 1 N–H and O–H groups in total. The number of nitrogens with one attached hydrogen (secondary N) is 1. The Morgan fingerprint density at radius 1 is 1.31 bits per heavy atom. The summed E-state index contributed by atoms with van der Waals surface area (Å²) in [5, 5.41) is 3.22. The highest BCUT2D eigenvalue weighted by atomic mass is 16.1. The second-order valence-electron chi connectivity index (χ2n) is 5.87. The minimum absolute atomic E-state index is 0.250. The molecule has 3 unspecified atom stereocenters. The lowest BCUT2D eigenvalue weighted by Crippen LogP contribution is -2.43. The fourth-order valence-corrected chi connectivity index (χ4v) is 2.48. The molecule has 0 aromatic heterocycles. The van der Waals surface area contributed by atoms with Crippen LogP contribution in [0, 0.1) is 17.8 Å². The first kappa shape index (κ1) is 13.5. The standard InChI is InChI=1S/C14H27NO/c1-10(2)8-9-14(16)15-13-7-5-6-11(3)12(13)4/h10-13H,5-9H2,1-4H3,(H,15,16). The molecule has 3 atom stereocenters. The molecule has 0 aromatic rings. The second kappa shape index (κ2) is 6.27. The molecule has 0 aliphatic heterocycles. The lowest BCUT2D eigenvalue weighted by Gasteiger charge is -2.34. The lowest BCUT2D eigenvalue weighted by atomic mass is 9.78. The topological polar surface area (TPSA) is 29.1 Å². The molecule has 0 heterocycles. The van der Waals surface area contributed by atoms with E-state index in [1.165, 1.54) is 19.3 Å². The van der Waals surface area contributed by atoms with Crippen LogP contribution in [0.5, 0.6) is 0 Å². The molecular formula is C14H27NO. The fourth-order valence-electron chi connectivity index (χ4n) is 2.48. The SMILES string of the molecule is CC(C)CCC(=O)NC1CCCC(C)C1C. The van der Waals surface area contributed by atoms with E-state index in [0.29, 0.717) is 24.3 Å². The van der Waals surface area contributed by atoms with Crippen LogP contribution in [0.15, 0.2) is 0 Å². The summed E-state index contributed by atoms with van der Waals surface area (Å²) in [6, 6.07) is 0.420. The van der Waals surface area contributed by atoms with Gasteiger partial charge in [-0.05, 0) is 30.6 Å². The normalized spacial score (nSPS) is 30.4. The number of hydrogen-bond donors (Lipinski definition) is 1. The van der Waals surface area contributed by atoms with Crippen molar-refractivity contribution in [2.24, 2.45) is 17.8 Å². The van der Waals surface area contributed by atoms with Gasteiger partial charge in [0.15, 0.2) is 0 Å². The molecule has 0 saturated heterocycles. The molecule has 0 bridgehead atoms. The summed E-state index contributed by atoms with van der Waals surface area (Å²) in [6.45, 7) is 8.91. The van der Waals surface area contributed by atoms with Gasteiger partial charge in [-0.3, -0.25) is 4.79 Å². The smallest absolute Gasteiger partial charge is 0.220 e.